The van der Waals surface area contributed by atoms with Gasteiger partial charge in [0.2, 0.25) is 15.9 Å². The number of carbonyl (C=O) groups excluding carboxylic acids is 1. The third-order valence-electron chi connectivity index (χ3n) is 4.30. The topological polar surface area (TPSA) is 66.5 Å². The van der Waals surface area contributed by atoms with Gasteiger partial charge in [-0.15, -0.1) is 0 Å². The fraction of sp³-hybridized carbons (Fsp3) is 0.350. The van der Waals surface area contributed by atoms with Crippen molar-refractivity contribution in [3.05, 3.63) is 57.1 Å². The SMILES string of the molecule is Cc1cc(C)c(NC(=O)CCCN(c2ccc(Cl)c(Cl)c2)S(C)(=O)=O)c(C)c1. The molecule has 5 nitrogen and oxygen atoms in total. The summed E-state index contributed by atoms with van der Waals surface area (Å²) in [5, 5.41) is 3.55. The van der Waals surface area contributed by atoms with Crippen LogP contribution in [0.1, 0.15) is 29.5 Å². The van der Waals surface area contributed by atoms with Gasteiger partial charge in [-0.2, -0.15) is 0 Å². The summed E-state index contributed by atoms with van der Waals surface area (Å²) in [5.74, 6) is -0.155. The van der Waals surface area contributed by atoms with Crippen molar-refractivity contribution < 1.29 is 13.2 Å². The fourth-order valence-corrected chi connectivity index (χ4v) is 4.34. The maximum Gasteiger partial charge on any atom is 0.232 e. The van der Waals surface area contributed by atoms with E-state index in [2.05, 4.69) is 5.32 Å². The fourth-order valence-electron chi connectivity index (χ4n) is 3.09. The Balaban J connectivity index is 2.04. The predicted molar refractivity (Wildman–Crippen MR) is 117 cm³/mol. The third kappa shape index (κ3) is 5.87. The summed E-state index contributed by atoms with van der Waals surface area (Å²) in [7, 11) is -3.52. The number of benzene rings is 2. The quantitative estimate of drug-likeness (QED) is 0.647. The van der Waals surface area contributed by atoms with E-state index >= 15 is 0 Å². The number of anilines is 2. The number of carbonyl (C=O) groups is 1. The number of sulfonamides is 1. The molecule has 0 aliphatic carbocycles. The van der Waals surface area contributed by atoms with E-state index < -0.39 is 10.0 Å². The average Bonchev–Trinajstić information content (AvgIpc) is 2.56. The molecule has 0 spiro atoms. The summed E-state index contributed by atoms with van der Waals surface area (Å²) in [4.78, 5) is 12.4. The van der Waals surface area contributed by atoms with Crippen LogP contribution in [0.15, 0.2) is 30.3 Å². The number of halogens is 2. The second kappa shape index (κ2) is 9.16. The lowest BCUT2D eigenvalue weighted by Crippen LogP contribution is -2.31. The molecular formula is C20H24Cl2N2O3S. The molecule has 0 aliphatic heterocycles. The number of nitrogens with one attached hydrogen (secondary N) is 1. The maximum absolute atomic E-state index is 12.4. The van der Waals surface area contributed by atoms with Crippen molar-refractivity contribution in [1.82, 2.24) is 0 Å². The summed E-state index contributed by atoms with van der Waals surface area (Å²) in [6.45, 7) is 6.07. The molecule has 2 aromatic rings. The van der Waals surface area contributed by atoms with Gasteiger partial charge in [-0.05, 0) is 56.5 Å². The molecule has 1 amide bonds. The number of nitrogens with zero attached hydrogens (tertiary/aromatic N) is 1. The molecule has 152 valence electrons. The first-order valence-electron chi connectivity index (χ1n) is 8.79. The van der Waals surface area contributed by atoms with Crippen LogP contribution in [0.2, 0.25) is 10.0 Å². The van der Waals surface area contributed by atoms with Gasteiger partial charge in [0.1, 0.15) is 0 Å². The minimum absolute atomic E-state index is 0.155. The highest BCUT2D eigenvalue weighted by Gasteiger charge is 2.19. The zero-order valence-electron chi connectivity index (χ0n) is 16.3. The zero-order valence-corrected chi connectivity index (χ0v) is 18.7. The Bertz CT molecular complexity index is 968. The van der Waals surface area contributed by atoms with E-state index in [0.29, 0.717) is 17.1 Å². The first-order chi connectivity index (χ1) is 13.0. The molecule has 8 heteroatoms. The van der Waals surface area contributed by atoms with Gasteiger partial charge in [0.05, 0.1) is 22.0 Å². The normalized spacial score (nSPS) is 11.4. The Kier molecular flexibility index (Phi) is 7.37. The Morgan fingerprint density at radius 3 is 2.18 bits per heavy atom. The third-order valence-corrected chi connectivity index (χ3v) is 6.23. The molecule has 0 atom stereocenters. The van der Waals surface area contributed by atoms with Crippen LogP contribution in [0.25, 0.3) is 0 Å². The number of amides is 1. The molecule has 0 unspecified atom stereocenters. The molecule has 0 aliphatic rings. The minimum atomic E-state index is -3.52. The molecule has 28 heavy (non-hydrogen) atoms. The summed E-state index contributed by atoms with van der Waals surface area (Å²) < 4.78 is 25.6. The summed E-state index contributed by atoms with van der Waals surface area (Å²) >= 11 is 11.9. The molecule has 1 N–H and O–H groups in total. The lowest BCUT2D eigenvalue weighted by Gasteiger charge is -2.22. The Hall–Kier alpha value is -1.76. The van der Waals surface area contributed by atoms with Crippen LogP contribution >= 0.6 is 23.2 Å². The number of hydrogen-bond acceptors (Lipinski definition) is 3. The van der Waals surface area contributed by atoms with Crippen molar-refractivity contribution >= 4 is 50.5 Å². The lowest BCUT2D eigenvalue weighted by atomic mass is 10.0. The van der Waals surface area contributed by atoms with Crippen molar-refractivity contribution in [2.45, 2.75) is 33.6 Å². The molecule has 0 saturated carbocycles. The van der Waals surface area contributed by atoms with E-state index in [4.69, 9.17) is 23.2 Å². The minimum Gasteiger partial charge on any atom is -0.326 e. The Morgan fingerprint density at radius 1 is 1.04 bits per heavy atom. The highest BCUT2D eigenvalue weighted by molar-refractivity contribution is 7.92. The van der Waals surface area contributed by atoms with Gasteiger partial charge in [-0.1, -0.05) is 40.9 Å². The van der Waals surface area contributed by atoms with Gasteiger partial charge in [-0.3, -0.25) is 9.10 Å². The smallest absolute Gasteiger partial charge is 0.232 e. The average molecular weight is 443 g/mol. The van der Waals surface area contributed by atoms with E-state index in [9.17, 15) is 13.2 Å². The number of aryl methyl sites for hydroxylation is 3. The molecule has 0 fully saturated rings. The van der Waals surface area contributed by atoms with Crippen LogP contribution in [0.4, 0.5) is 11.4 Å². The Labute approximate surface area is 176 Å². The van der Waals surface area contributed by atoms with Gasteiger partial charge in [0.25, 0.3) is 0 Å². The number of rotatable bonds is 7. The molecule has 0 bridgehead atoms. The highest BCUT2D eigenvalue weighted by Crippen LogP contribution is 2.28. The molecule has 0 saturated heterocycles. The van der Waals surface area contributed by atoms with Crippen LogP contribution in [0.3, 0.4) is 0 Å². The van der Waals surface area contributed by atoms with Gasteiger partial charge < -0.3 is 5.32 Å². The molecule has 2 aromatic carbocycles. The largest absolute Gasteiger partial charge is 0.326 e. The zero-order chi connectivity index (χ0) is 21.1. The van der Waals surface area contributed by atoms with Crippen molar-refractivity contribution in [3.63, 3.8) is 0 Å². The van der Waals surface area contributed by atoms with Crippen LogP contribution in [-0.2, 0) is 14.8 Å². The summed E-state index contributed by atoms with van der Waals surface area (Å²) in [5.41, 5.74) is 4.36. The van der Waals surface area contributed by atoms with Gasteiger partial charge in [0, 0.05) is 18.7 Å². The van der Waals surface area contributed by atoms with Crippen LogP contribution in [0.5, 0.6) is 0 Å². The van der Waals surface area contributed by atoms with Crippen molar-refractivity contribution in [1.29, 1.82) is 0 Å². The Morgan fingerprint density at radius 2 is 1.64 bits per heavy atom. The van der Waals surface area contributed by atoms with Gasteiger partial charge in [0.15, 0.2) is 0 Å². The van der Waals surface area contributed by atoms with Crippen molar-refractivity contribution in [2.75, 3.05) is 22.4 Å². The predicted octanol–water partition coefficient (Wildman–Crippen LogP) is 5.10. The van der Waals surface area contributed by atoms with E-state index in [0.717, 1.165) is 28.6 Å². The van der Waals surface area contributed by atoms with Crippen LogP contribution < -0.4 is 9.62 Å². The molecule has 0 radical (unpaired) electrons. The summed E-state index contributed by atoms with van der Waals surface area (Å²) in [6.07, 6.45) is 1.68. The number of hydrogen-bond donors (Lipinski definition) is 1. The highest BCUT2D eigenvalue weighted by atomic mass is 35.5. The lowest BCUT2D eigenvalue weighted by molar-refractivity contribution is -0.116. The van der Waals surface area contributed by atoms with Crippen molar-refractivity contribution in [2.24, 2.45) is 0 Å². The molecule has 0 heterocycles. The first kappa shape index (κ1) is 22.5. The van der Waals surface area contributed by atoms with E-state index in [1.54, 1.807) is 12.1 Å². The second-order valence-electron chi connectivity index (χ2n) is 6.86. The maximum atomic E-state index is 12.4. The monoisotopic (exact) mass is 442 g/mol. The van der Waals surface area contributed by atoms with Crippen LogP contribution in [0, 0.1) is 20.8 Å². The molecule has 2 rings (SSSR count). The van der Waals surface area contributed by atoms with Crippen molar-refractivity contribution in [3.8, 4) is 0 Å². The first-order valence-corrected chi connectivity index (χ1v) is 11.4. The van der Waals surface area contributed by atoms with Crippen LogP contribution in [-0.4, -0.2) is 27.1 Å². The second-order valence-corrected chi connectivity index (χ2v) is 9.58. The van der Waals surface area contributed by atoms with Gasteiger partial charge in [-0.25, -0.2) is 8.42 Å². The van der Waals surface area contributed by atoms with Gasteiger partial charge >= 0.3 is 0 Å². The van der Waals surface area contributed by atoms with E-state index in [1.807, 2.05) is 32.9 Å². The summed E-state index contributed by atoms with van der Waals surface area (Å²) in [6, 6.07) is 8.67. The standard InChI is InChI=1S/C20H24Cl2N2O3S/c1-13-10-14(2)20(15(3)11-13)23-19(25)6-5-9-24(28(4,26)27)16-7-8-17(21)18(22)12-16/h7-8,10-12H,5-6,9H2,1-4H3,(H,23,25). The van der Waals surface area contributed by atoms with E-state index in [-0.39, 0.29) is 23.9 Å². The van der Waals surface area contributed by atoms with E-state index in [1.165, 1.54) is 10.4 Å². The molecular weight excluding hydrogens is 419 g/mol. The molecule has 0 aromatic heterocycles.